The molecule has 128 valence electrons. The van der Waals surface area contributed by atoms with Gasteiger partial charge in [-0.2, -0.15) is 0 Å². The zero-order valence-corrected chi connectivity index (χ0v) is 13.8. The minimum atomic E-state index is -0.0765. The van der Waals surface area contributed by atoms with Gasteiger partial charge in [0, 0.05) is 12.0 Å². The van der Waals surface area contributed by atoms with Crippen LogP contribution in [-0.2, 0) is 4.74 Å². The first-order chi connectivity index (χ1) is 11.7. The number of fused-ring (bicyclic) bond motifs is 3. The summed E-state index contributed by atoms with van der Waals surface area (Å²) < 4.78 is 12.1. The van der Waals surface area contributed by atoms with Crippen LogP contribution < -0.4 is 15.4 Å². The Morgan fingerprint density at radius 1 is 1.17 bits per heavy atom. The Morgan fingerprint density at radius 3 is 2.75 bits per heavy atom. The molecular weight excluding hydrogens is 304 g/mol. The summed E-state index contributed by atoms with van der Waals surface area (Å²) in [6.45, 7) is 0. The van der Waals surface area contributed by atoms with Crippen LogP contribution in [0.2, 0.25) is 0 Å². The smallest absolute Gasteiger partial charge is 0.315 e. The lowest BCUT2D eigenvalue weighted by Crippen LogP contribution is -2.52. The topological polar surface area (TPSA) is 59.6 Å². The number of urea groups is 1. The Hall–Kier alpha value is -1.75. The van der Waals surface area contributed by atoms with Crippen LogP contribution in [-0.4, -0.2) is 29.9 Å². The average Bonchev–Trinajstić information content (AvgIpc) is 3.16. The number of amides is 2. The number of ether oxygens (including phenoxy) is 2. The molecule has 1 saturated carbocycles. The molecule has 2 bridgehead atoms. The van der Waals surface area contributed by atoms with Crippen LogP contribution in [0.25, 0.3) is 0 Å². The molecule has 2 N–H and O–H groups in total. The van der Waals surface area contributed by atoms with Gasteiger partial charge in [-0.1, -0.05) is 18.2 Å². The molecule has 1 aromatic carbocycles. The van der Waals surface area contributed by atoms with Crippen molar-refractivity contribution in [1.29, 1.82) is 0 Å². The minimum absolute atomic E-state index is 0.0229. The van der Waals surface area contributed by atoms with E-state index in [1.807, 2.05) is 18.2 Å². The third-order valence-corrected chi connectivity index (χ3v) is 6.19. The molecule has 5 heteroatoms. The molecule has 2 amide bonds. The summed E-state index contributed by atoms with van der Waals surface area (Å²) in [5.74, 6) is 0.928. The average molecular weight is 328 g/mol. The fourth-order valence-electron chi connectivity index (χ4n) is 4.78. The van der Waals surface area contributed by atoms with Crippen molar-refractivity contribution in [1.82, 2.24) is 10.6 Å². The first kappa shape index (κ1) is 14.6. The third-order valence-electron chi connectivity index (χ3n) is 6.19. The predicted octanol–water partition coefficient (Wildman–Crippen LogP) is 3.05. The van der Waals surface area contributed by atoms with Crippen molar-refractivity contribution in [3.05, 3.63) is 29.8 Å². The second-order valence-electron chi connectivity index (χ2n) is 7.77. The van der Waals surface area contributed by atoms with Crippen LogP contribution in [0.1, 0.15) is 56.6 Å². The Labute approximate surface area is 142 Å². The lowest BCUT2D eigenvalue weighted by molar-refractivity contribution is -0.0356. The van der Waals surface area contributed by atoms with Crippen LogP contribution in [0.15, 0.2) is 24.3 Å². The molecule has 0 aromatic heterocycles. The van der Waals surface area contributed by atoms with Gasteiger partial charge in [-0.15, -0.1) is 0 Å². The summed E-state index contributed by atoms with van der Waals surface area (Å²) in [4.78, 5) is 12.6. The zero-order chi connectivity index (χ0) is 16.1. The van der Waals surface area contributed by atoms with E-state index in [-0.39, 0.29) is 29.8 Å². The Kier molecular flexibility index (Phi) is 3.27. The van der Waals surface area contributed by atoms with Crippen molar-refractivity contribution in [2.75, 3.05) is 0 Å². The van der Waals surface area contributed by atoms with Crippen LogP contribution in [0.3, 0.4) is 0 Å². The molecule has 5 rings (SSSR count). The van der Waals surface area contributed by atoms with Gasteiger partial charge >= 0.3 is 6.03 Å². The van der Waals surface area contributed by atoms with Gasteiger partial charge in [-0.25, -0.2) is 4.79 Å². The third kappa shape index (κ3) is 2.37. The molecule has 0 radical (unpaired) electrons. The molecule has 3 aliphatic heterocycles. The van der Waals surface area contributed by atoms with Gasteiger partial charge in [0.05, 0.1) is 24.3 Å². The normalized spacial score (nSPS) is 35.0. The van der Waals surface area contributed by atoms with E-state index in [0.29, 0.717) is 6.10 Å². The van der Waals surface area contributed by atoms with E-state index in [2.05, 4.69) is 16.7 Å². The van der Waals surface area contributed by atoms with Crippen molar-refractivity contribution in [2.24, 2.45) is 0 Å². The summed E-state index contributed by atoms with van der Waals surface area (Å²) in [6, 6.07) is 8.20. The number of carbonyl (C=O) groups excluding carboxylic acids is 1. The number of hydrogen-bond acceptors (Lipinski definition) is 3. The van der Waals surface area contributed by atoms with Crippen LogP contribution >= 0.6 is 0 Å². The number of para-hydroxylation sites is 1. The second-order valence-corrected chi connectivity index (χ2v) is 7.77. The van der Waals surface area contributed by atoms with E-state index >= 15 is 0 Å². The molecule has 5 nitrogen and oxygen atoms in total. The highest BCUT2D eigenvalue weighted by molar-refractivity contribution is 5.75. The van der Waals surface area contributed by atoms with Crippen molar-refractivity contribution in [3.63, 3.8) is 0 Å². The molecule has 0 unspecified atom stereocenters. The van der Waals surface area contributed by atoms with Crippen molar-refractivity contribution in [2.45, 2.75) is 74.8 Å². The summed E-state index contributed by atoms with van der Waals surface area (Å²) in [5.41, 5.74) is 1.02. The Morgan fingerprint density at radius 2 is 2.04 bits per heavy atom. The number of benzene rings is 1. The molecule has 24 heavy (non-hydrogen) atoms. The van der Waals surface area contributed by atoms with Crippen molar-refractivity contribution in [3.8, 4) is 5.75 Å². The maximum absolute atomic E-state index is 12.6. The number of carbonyl (C=O) groups is 1. The largest absolute Gasteiger partial charge is 0.487 e. The standard InChI is InChI=1S/C19H24N2O3/c22-18(20-14-10-12-6-7-17(14)23-12)21-15-11-19(8-3-9-19)24-16-5-2-1-4-13(15)16/h1-2,4-5,12,14-15,17H,3,6-11H2,(H2,20,21,22)/t12-,14+,15+,17-/m1/s1. The van der Waals surface area contributed by atoms with Crippen LogP contribution in [0.5, 0.6) is 5.75 Å². The predicted molar refractivity (Wildman–Crippen MR) is 89.0 cm³/mol. The second kappa shape index (κ2) is 5.38. The first-order valence-corrected chi connectivity index (χ1v) is 9.21. The molecule has 3 fully saturated rings. The Balaban J connectivity index is 1.30. The number of nitrogens with one attached hydrogen (secondary N) is 2. The molecule has 4 aliphatic rings. The van der Waals surface area contributed by atoms with Gasteiger partial charge in [0.25, 0.3) is 0 Å². The van der Waals surface area contributed by atoms with Crippen molar-refractivity contribution < 1.29 is 14.3 Å². The SMILES string of the molecule is O=C(N[C@H]1CC2(CCC2)Oc2ccccc21)N[C@H]1C[C@H]2CC[C@H]1O2. The molecule has 2 saturated heterocycles. The molecule has 3 heterocycles. The molecule has 1 aliphatic carbocycles. The first-order valence-electron chi connectivity index (χ1n) is 9.21. The fraction of sp³-hybridized carbons (Fsp3) is 0.632. The minimum Gasteiger partial charge on any atom is -0.487 e. The molecule has 1 aromatic rings. The molecular formula is C19H24N2O3. The van der Waals surface area contributed by atoms with E-state index in [4.69, 9.17) is 9.47 Å². The molecule has 4 atom stereocenters. The lowest BCUT2D eigenvalue weighted by atomic mass is 9.73. The van der Waals surface area contributed by atoms with Gasteiger partial charge in [-0.3, -0.25) is 0 Å². The van der Waals surface area contributed by atoms with Gasteiger partial charge < -0.3 is 20.1 Å². The maximum atomic E-state index is 12.6. The van der Waals surface area contributed by atoms with Gasteiger partial charge in [0.1, 0.15) is 11.4 Å². The number of hydrogen-bond donors (Lipinski definition) is 2. The molecule has 1 spiro atoms. The highest BCUT2D eigenvalue weighted by Gasteiger charge is 2.46. The zero-order valence-electron chi connectivity index (χ0n) is 13.8. The maximum Gasteiger partial charge on any atom is 0.315 e. The van der Waals surface area contributed by atoms with E-state index in [1.165, 1.54) is 6.42 Å². The quantitative estimate of drug-likeness (QED) is 0.877. The van der Waals surface area contributed by atoms with E-state index in [0.717, 1.165) is 49.8 Å². The number of rotatable bonds is 2. The summed E-state index contributed by atoms with van der Waals surface area (Å²) in [5, 5.41) is 6.34. The van der Waals surface area contributed by atoms with Gasteiger partial charge in [0.2, 0.25) is 0 Å². The monoisotopic (exact) mass is 328 g/mol. The fourth-order valence-corrected chi connectivity index (χ4v) is 4.78. The summed E-state index contributed by atoms with van der Waals surface area (Å²) >= 11 is 0. The van der Waals surface area contributed by atoms with E-state index in [9.17, 15) is 4.79 Å². The van der Waals surface area contributed by atoms with E-state index < -0.39 is 0 Å². The highest BCUT2D eigenvalue weighted by atomic mass is 16.5. The van der Waals surface area contributed by atoms with Crippen LogP contribution in [0, 0.1) is 0 Å². The summed E-state index contributed by atoms with van der Waals surface area (Å²) in [6.07, 6.45) is 7.96. The van der Waals surface area contributed by atoms with E-state index in [1.54, 1.807) is 0 Å². The summed E-state index contributed by atoms with van der Waals surface area (Å²) in [7, 11) is 0. The highest BCUT2D eigenvalue weighted by Crippen LogP contribution is 2.48. The van der Waals surface area contributed by atoms with Crippen molar-refractivity contribution >= 4 is 6.03 Å². The van der Waals surface area contributed by atoms with Gasteiger partial charge in [0.15, 0.2) is 0 Å². The lowest BCUT2D eigenvalue weighted by Gasteiger charge is -2.48. The Bertz CT molecular complexity index is 658. The van der Waals surface area contributed by atoms with Crippen LogP contribution in [0.4, 0.5) is 4.79 Å². The van der Waals surface area contributed by atoms with Gasteiger partial charge in [-0.05, 0) is 44.6 Å².